The van der Waals surface area contributed by atoms with Gasteiger partial charge < -0.3 is 9.72 Å². The second kappa shape index (κ2) is 8.30. The van der Waals surface area contributed by atoms with Crippen LogP contribution in [0.15, 0.2) is 77.6 Å². The zero-order valence-electron chi connectivity index (χ0n) is 15.1. The molecule has 0 aliphatic carbocycles. The lowest BCUT2D eigenvalue weighted by Crippen LogP contribution is -2.29. The fourth-order valence-corrected chi connectivity index (χ4v) is 3.70. The number of benzene rings is 3. The summed E-state index contributed by atoms with van der Waals surface area (Å²) in [7, 11) is 0. The fraction of sp³-hybridized carbons (Fsp3) is 0.0455. The van der Waals surface area contributed by atoms with E-state index in [2.05, 4.69) is 27.6 Å². The molecule has 144 valence electrons. The number of fused-ring (bicyclic) bond motifs is 1. The number of hydrogen-bond donors (Lipinski definition) is 1. The van der Waals surface area contributed by atoms with Crippen LogP contribution in [0.3, 0.4) is 0 Å². The minimum absolute atomic E-state index is 0.0677. The number of halogens is 1. The zero-order valence-corrected chi connectivity index (χ0v) is 18.1. The molecule has 0 atom stereocenters. The molecule has 0 spiro atoms. The standard InChI is InChI=1S/C22H15IN2O3S/c23-16-8-11-19-18(12-16)21(27)25(22(29)24-19)20(26)15-6-9-17(10-7-15)28-13-14-4-2-1-3-5-14/h1-12H,13H2,(H,24,29). The lowest BCUT2D eigenvalue weighted by atomic mass is 10.2. The van der Waals surface area contributed by atoms with Gasteiger partial charge in [-0.05, 0) is 82.8 Å². The van der Waals surface area contributed by atoms with Gasteiger partial charge in [-0.3, -0.25) is 9.59 Å². The predicted molar refractivity (Wildman–Crippen MR) is 123 cm³/mol. The molecule has 5 nitrogen and oxygen atoms in total. The lowest BCUT2D eigenvalue weighted by Gasteiger charge is -2.09. The van der Waals surface area contributed by atoms with E-state index in [1.54, 1.807) is 36.4 Å². The van der Waals surface area contributed by atoms with Crippen LogP contribution in [0.1, 0.15) is 15.9 Å². The number of H-pyrrole nitrogens is 1. The molecule has 3 aromatic carbocycles. The normalized spacial score (nSPS) is 10.8. The van der Waals surface area contributed by atoms with Crippen molar-refractivity contribution in [2.24, 2.45) is 0 Å². The van der Waals surface area contributed by atoms with Gasteiger partial charge in [0.25, 0.3) is 11.5 Å². The average molecular weight is 514 g/mol. The van der Waals surface area contributed by atoms with E-state index in [9.17, 15) is 9.59 Å². The van der Waals surface area contributed by atoms with Crippen molar-refractivity contribution < 1.29 is 9.53 Å². The molecule has 1 heterocycles. The van der Waals surface area contributed by atoms with Crippen molar-refractivity contribution in [3.05, 3.63) is 103 Å². The van der Waals surface area contributed by atoms with Crippen molar-refractivity contribution in [3.63, 3.8) is 0 Å². The van der Waals surface area contributed by atoms with Crippen LogP contribution in [-0.2, 0) is 6.61 Å². The van der Waals surface area contributed by atoms with Gasteiger partial charge >= 0.3 is 0 Å². The van der Waals surface area contributed by atoms with E-state index in [1.807, 2.05) is 36.4 Å². The van der Waals surface area contributed by atoms with Crippen LogP contribution >= 0.6 is 34.8 Å². The van der Waals surface area contributed by atoms with Gasteiger partial charge in [0.15, 0.2) is 4.77 Å². The summed E-state index contributed by atoms with van der Waals surface area (Å²) in [6.45, 7) is 0.433. The molecule has 0 bridgehead atoms. The first-order chi connectivity index (χ1) is 14.0. The molecule has 7 heteroatoms. The van der Waals surface area contributed by atoms with E-state index >= 15 is 0 Å². The molecule has 0 aliphatic heterocycles. The number of nitrogens with zero attached hydrogens (tertiary/aromatic N) is 1. The van der Waals surface area contributed by atoms with Crippen LogP contribution in [0, 0.1) is 8.34 Å². The number of carbonyl (C=O) groups is 1. The van der Waals surface area contributed by atoms with Gasteiger partial charge in [-0.15, -0.1) is 0 Å². The molecule has 4 aromatic rings. The summed E-state index contributed by atoms with van der Waals surface area (Å²) in [5.74, 6) is 0.155. The summed E-state index contributed by atoms with van der Waals surface area (Å²) < 4.78 is 7.70. The summed E-state index contributed by atoms with van der Waals surface area (Å²) in [5.41, 5.74) is 1.57. The summed E-state index contributed by atoms with van der Waals surface area (Å²) >= 11 is 7.38. The van der Waals surface area contributed by atoms with Gasteiger partial charge in [0.2, 0.25) is 0 Å². The Hall–Kier alpha value is -2.78. The minimum Gasteiger partial charge on any atom is -0.489 e. The van der Waals surface area contributed by atoms with Crippen molar-refractivity contribution in [1.82, 2.24) is 9.55 Å². The molecule has 0 radical (unpaired) electrons. The van der Waals surface area contributed by atoms with Gasteiger partial charge in [0.1, 0.15) is 12.4 Å². The largest absolute Gasteiger partial charge is 0.489 e. The van der Waals surface area contributed by atoms with Crippen molar-refractivity contribution in [1.29, 1.82) is 0 Å². The third-order valence-corrected chi connectivity index (χ3v) is 5.37. The second-order valence-electron chi connectivity index (χ2n) is 6.36. The third kappa shape index (κ3) is 4.15. The summed E-state index contributed by atoms with van der Waals surface area (Å²) in [5, 5.41) is 0.418. The second-order valence-corrected chi connectivity index (χ2v) is 8.00. The minimum atomic E-state index is -0.480. The van der Waals surface area contributed by atoms with Crippen LogP contribution in [0.25, 0.3) is 10.9 Å². The van der Waals surface area contributed by atoms with E-state index in [0.717, 1.165) is 13.7 Å². The summed E-state index contributed by atoms with van der Waals surface area (Å²) in [6, 6.07) is 21.9. The molecule has 0 saturated heterocycles. The van der Waals surface area contributed by atoms with Crippen LogP contribution in [-0.4, -0.2) is 15.5 Å². The Labute approximate surface area is 185 Å². The van der Waals surface area contributed by atoms with E-state index in [0.29, 0.717) is 28.8 Å². The van der Waals surface area contributed by atoms with E-state index in [1.165, 1.54) is 0 Å². The molecule has 4 rings (SSSR count). The summed E-state index contributed by atoms with van der Waals surface area (Å²) in [6.07, 6.45) is 0. The van der Waals surface area contributed by atoms with Gasteiger partial charge in [-0.2, -0.15) is 0 Å². The number of rotatable bonds is 4. The quantitative estimate of drug-likeness (QED) is 0.310. The van der Waals surface area contributed by atoms with E-state index in [4.69, 9.17) is 17.0 Å². The van der Waals surface area contributed by atoms with Gasteiger partial charge in [-0.1, -0.05) is 30.3 Å². The third-order valence-electron chi connectivity index (χ3n) is 4.41. The van der Waals surface area contributed by atoms with Gasteiger partial charge in [-0.25, -0.2) is 4.57 Å². The fourth-order valence-electron chi connectivity index (χ4n) is 2.93. The predicted octanol–water partition coefficient (Wildman–Crippen LogP) is 4.93. The van der Waals surface area contributed by atoms with E-state index < -0.39 is 11.5 Å². The SMILES string of the molecule is O=C(c1ccc(OCc2ccccc2)cc1)n1c(=S)[nH]c2ccc(I)cc2c1=O. The van der Waals surface area contributed by atoms with Crippen LogP contribution in [0.2, 0.25) is 0 Å². The molecule has 29 heavy (non-hydrogen) atoms. The van der Waals surface area contributed by atoms with Crippen molar-refractivity contribution in [2.45, 2.75) is 6.61 Å². The lowest BCUT2D eigenvalue weighted by molar-refractivity contribution is 0.0953. The topological polar surface area (TPSA) is 64.1 Å². The van der Waals surface area contributed by atoms with Crippen LogP contribution < -0.4 is 10.3 Å². The molecular formula is C22H15IN2O3S. The number of aromatic nitrogens is 2. The van der Waals surface area contributed by atoms with E-state index in [-0.39, 0.29) is 4.77 Å². The van der Waals surface area contributed by atoms with Gasteiger partial charge in [0, 0.05) is 9.13 Å². The monoisotopic (exact) mass is 514 g/mol. The van der Waals surface area contributed by atoms with Crippen molar-refractivity contribution >= 4 is 51.6 Å². The Bertz CT molecular complexity index is 1310. The highest BCUT2D eigenvalue weighted by Gasteiger charge is 2.15. The highest BCUT2D eigenvalue weighted by molar-refractivity contribution is 14.1. The Morgan fingerprint density at radius 1 is 1.03 bits per heavy atom. The number of hydrogen-bond acceptors (Lipinski definition) is 4. The van der Waals surface area contributed by atoms with Crippen LogP contribution in [0.5, 0.6) is 5.75 Å². The van der Waals surface area contributed by atoms with Crippen LogP contribution in [0.4, 0.5) is 0 Å². The Kier molecular flexibility index (Phi) is 5.59. The molecular weight excluding hydrogens is 499 g/mol. The highest BCUT2D eigenvalue weighted by atomic mass is 127. The molecule has 0 aliphatic rings. The molecule has 0 fully saturated rings. The molecule has 0 unspecified atom stereocenters. The molecule has 1 N–H and O–H groups in total. The maximum absolute atomic E-state index is 12.9. The number of aromatic amines is 1. The smallest absolute Gasteiger partial charge is 0.269 e. The molecule has 0 amide bonds. The first-order valence-electron chi connectivity index (χ1n) is 8.79. The Morgan fingerprint density at radius 2 is 1.76 bits per heavy atom. The maximum atomic E-state index is 12.9. The Morgan fingerprint density at radius 3 is 2.48 bits per heavy atom. The first-order valence-corrected chi connectivity index (χ1v) is 10.3. The Balaban J connectivity index is 1.61. The number of carbonyl (C=O) groups excluding carboxylic acids is 1. The molecule has 0 saturated carbocycles. The summed E-state index contributed by atoms with van der Waals surface area (Å²) in [4.78, 5) is 28.8. The highest BCUT2D eigenvalue weighted by Crippen LogP contribution is 2.16. The molecule has 1 aromatic heterocycles. The number of nitrogens with one attached hydrogen (secondary N) is 1. The maximum Gasteiger partial charge on any atom is 0.269 e. The zero-order chi connectivity index (χ0) is 20.4. The van der Waals surface area contributed by atoms with Crippen molar-refractivity contribution in [2.75, 3.05) is 0 Å². The average Bonchev–Trinajstić information content (AvgIpc) is 2.74. The van der Waals surface area contributed by atoms with Gasteiger partial charge in [0.05, 0.1) is 10.9 Å². The first kappa shape index (κ1) is 19.5. The number of ether oxygens (including phenoxy) is 1. The van der Waals surface area contributed by atoms with Crippen molar-refractivity contribution in [3.8, 4) is 5.75 Å².